The van der Waals surface area contributed by atoms with Crippen molar-refractivity contribution in [3.63, 3.8) is 0 Å². The van der Waals surface area contributed by atoms with Crippen molar-refractivity contribution in [2.75, 3.05) is 31.7 Å². The lowest BCUT2D eigenvalue weighted by molar-refractivity contribution is -0.0300. The molecule has 5 rings (SSSR count). The Morgan fingerprint density at radius 2 is 1.91 bits per heavy atom. The van der Waals surface area contributed by atoms with E-state index in [9.17, 15) is 9.60 Å². The third kappa shape index (κ3) is 4.09. The summed E-state index contributed by atoms with van der Waals surface area (Å²) in [4.78, 5) is 9.44. The second-order valence-corrected chi connectivity index (χ2v) is 8.32. The van der Waals surface area contributed by atoms with Gasteiger partial charge in [0.2, 0.25) is 11.8 Å². The second kappa shape index (κ2) is 8.77. The van der Waals surface area contributed by atoms with Crippen LogP contribution in [-0.4, -0.2) is 42.7 Å². The van der Waals surface area contributed by atoms with E-state index in [0.29, 0.717) is 55.0 Å². The Morgan fingerprint density at radius 3 is 2.67 bits per heavy atom. The number of fused-ring (bicyclic) bond motifs is 1. The molecule has 2 N–H and O–H groups in total. The maximum absolute atomic E-state index is 14.3. The van der Waals surface area contributed by atoms with E-state index >= 15 is 0 Å². The van der Waals surface area contributed by atoms with E-state index in [1.807, 2.05) is 38.1 Å². The lowest BCUT2D eigenvalue weighted by Crippen LogP contribution is -2.50. The van der Waals surface area contributed by atoms with Gasteiger partial charge in [-0.1, -0.05) is 18.2 Å². The molecule has 1 saturated heterocycles. The van der Waals surface area contributed by atoms with Crippen molar-refractivity contribution < 1.29 is 13.9 Å². The molecule has 3 heterocycles. The Hall–Kier alpha value is -2.95. The standard InChI is InChI=1S/C24H26FN5O3/c1-15-5-3-4-6-20(15)30(31)14-26-12-19-22(18-8-7-17(25)11-16(18)2)28-24(29-23(19)30)27-13-21-32-9-10-33-21/h3-8,11,21,26H,9-10,12-14H2,1-2H3,(H,27,28,29). The Bertz CT molecular complexity index is 1180. The van der Waals surface area contributed by atoms with Gasteiger partial charge < -0.3 is 20.0 Å². The van der Waals surface area contributed by atoms with Crippen molar-refractivity contribution in [3.05, 3.63) is 70.2 Å². The summed E-state index contributed by atoms with van der Waals surface area (Å²) in [6.07, 6.45) is -0.398. The van der Waals surface area contributed by atoms with Gasteiger partial charge in [-0.2, -0.15) is 4.98 Å². The van der Waals surface area contributed by atoms with Crippen LogP contribution in [0.5, 0.6) is 0 Å². The minimum Gasteiger partial charge on any atom is -0.620 e. The average Bonchev–Trinajstić information content (AvgIpc) is 3.32. The lowest BCUT2D eigenvalue weighted by atomic mass is 9.99. The molecule has 1 atom stereocenters. The first-order valence-electron chi connectivity index (χ1n) is 11.0. The molecule has 2 aromatic carbocycles. The van der Waals surface area contributed by atoms with Crippen molar-refractivity contribution in [1.82, 2.24) is 19.9 Å². The average molecular weight is 452 g/mol. The van der Waals surface area contributed by atoms with E-state index in [2.05, 4.69) is 10.6 Å². The van der Waals surface area contributed by atoms with Crippen LogP contribution in [0.4, 0.5) is 21.8 Å². The maximum atomic E-state index is 14.3. The van der Waals surface area contributed by atoms with Crippen molar-refractivity contribution in [1.29, 1.82) is 0 Å². The zero-order valence-electron chi connectivity index (χ0n) is 18.6. The fraction of sp³-hybridized carbons (Fsp3) is 0.333. The molecule has 33 heavy (non-hydrogen) atoms. The van der Waals surface area contributed by atoms with Crippen LogP contribution in [-0.2, 0) is 16.0 Å². The van der Waals surface area contributed by atoms with Crippen LogP contribution in [0, 0.1) is 24.9 Å². The van der Waals surface area contributed by atoms with Crippen LogP contribution in [0.3, 0.4) is 0 Å². The number of hydroxylamine groups is 1. The number of aromatic nitrogens is 2. The van der Waals surface area contributed by atoms with E-state index < -0.39 is 10.9 Å². The zero-order valence-corrected chi connectivity index (χ0v) is 18.6. The molecule has 0 bridgehead atoms. The maximum Gasteiger partial charge on any atom is 0.243 e. The van der Waals surface area contributed by atoms with Crippen LogP contribution < -0.4 is 15.3 Å². The highest BCUT2D eigenvalue weighted by molar-refractivity contribution is 5.75. The van der Waals surface area contributed by atoms with E-state index in [0.717, 1.165) is 16.7 Å². The number of quaternary nitrogens is 1. The summed E-state index contributed by atoms with van der Waals surface area (Å²) in [6, 6.07) is 12.1. The van der Waals surface area contributed by atoms with Gasteiger partial charge in [-0.3, -0.25) is 9.96 Å². The van der Waals surface area contributed by atoms with Gasteiger partial charge in [0.1, 0.15) is 18.2 Å². The van der Waals surface area contributed by atoms with Crippen LogP contribution in [0.15, 0.2) is 42.5 Å². The Labute approximate surface area is 191 Å². The summed E-state index contributed by atoms with van der Waals surface area (Å²) in [5, 5.41) is 20.8. The molecule has 0 radical (unpaired) electrons. The lowest BCUT2D eigenvalue weighted by Gasteiger charge is -2.44. The van der Waals surface area contributed by atoms with Crippen molar-refractivity contribution in [2.45, 2.75) is 26.7 Å². The number of nitrogens with one attached hydrogen (secondary N) is 2. The van der Waals surface area contributed by atoms with Gasteiger partial charge in [-0.25, -0.2) is 9.37 Å². The molecule has 1 fully saturated rings. The summed E-state index contributed by atoms with van der Waals surface area (Å²) in [5.41, 5.74) is 4.28. The summed E-state index contributed by atoms with van der Waals surface area (Å²) in [5.74, 6) is 0.355. The third-order valence-corrected chi connectivity index (χ3v) is 6.03. The van der Waals surface area contributed by atoms with Gasteiger partial charge in [-0.05, 0) is 37.6 Å². The number of halogens is 1. The highest BCUT2D eigenvalue weighted by Crippen LogP contribution is 2.42. The molecule has 2 aliphatic rings. The number of ether oxygens (including phenoxy) is 2. The Morgan fingerprint density at radius 1 is 1.12 bits per heavy atom. The highest BCUT2D eigenvalue weighted by atomic mass is 19.1. The first-order valence-corrected chi connectivity index (χ1v) is 11.0. The third-order valence-electron chi connectivity index (χ3n) is 6.03. The van der Waals surface area contributed by atoms with E-state index in [1.165, 1.54) is 12.1 Å². The van der Waals surface area contributed by atoms with Gasteiger partial charge in [0.15, 0.2) is 6.29 Å². The predicted octanol–water partition coefficient (Wildman–Crippen LogP) is 3.88. The minimum absolute atomic E-state index is 0.144. The van der Waals surface area contributed by atoms with Crippen LogP contribution in [0.25, 0.3) is 11.3 Å². The number of anilines is 1. The summed E-state index contributed by atoms with van der Waals surface area (Å²) in [6.45, 7) is 5.75. The molecule has 1 aromatic heterocycles. The molecule has 0 spiro atoms. The first kappa shape index (κ1) is 21.9. The fourth-order valence-electron chi connectivity index (χ4n) is 4.41. The van der Waals surface area contributed by atoms with Crippen molar-refractivity contribution >= 4 is 17.5 Å². The van der Waals surface area contributed by atoms with Crippen molar-refractivity contribution in [2.24, 2.45) is 0 Å². The molecule has 8 nitrogen and oxygen atoms in total. The SMILES string of the molecule is Cc1cc(F)ccc1-c1nc(NCC2OCCO2)nc2c1CNC[N+]2([O-])c1ccccc1C. The quantitative estimate of drug-likeness (QED) is 0.449. The number of rotatable bonds is 5. The number of aryl methyl sites for hydroxylation is 2. The number of hydrogen-bond acceptors (Lipinski definition) is 7. The molecule has 2 aliphatic heterocycles. The van der Waals surface area contributed by atoms with Gasteiger partial charge >= 0.3 is 0 Å². The van der Waals surface area contributed by atoms with Crippen LogP contribution in [0.1, 0.15) is 16.7 Å². The normalized spacial score (nSPS) is 20.6. The van der Waals surface area contributed by atoms with Gasteiger partial charge in [0.25, 0.3) is 0 Å². The Balaban J connectivity index is 1.66. The fourth-order valence-corrected chi connectivity index (χ4v) is 4.41. The number of para-hydroxylation sites is 1. The molecule has 172 valence electrons. The second-order valence-electron chi connectivity index (χ2n) is 8.32. The molecule has 3 aromatic rings. The molecular weight excluding hydrogens is 425 g/mol. The van der Waals surface area contributed by atoms with Crippen molar-refractivity contribution in [3.8, 4) is 11.3 Å². The zero-order chi connectivity index (χ0) is 23.0. The minimum atomic E-state index is -0.761. The summed E-state index contributed by atoms with van der Waals surface area (Å²) in [7, 11) is 0. The topological polar surface area (TPSA) is 91.4 Å². The van der Waals surface area contributed by atoms with E-state index in [1.54, 1.807) is 6.07 Å². The monoisotopic (exact) mass is 451 g/mol. The highest BCUT2D eigenvalue weighted by Gasteiger charge is 2.36. The molecule has 9 heteroatoms. The van der Waals surface area contributed by atoms with Crippen LogP contribution in [0.2, 0.25) is 0 Å². The molecule has 0 aliphatic carbocycles. The van der Waals surface area contributed by atoms with Gasteiger partial charge in [-0.15, -0.1) is 0 Å². The summed E-state index contributed by atoms with van der Waals surface area (Å²) >= 11 is 0. The first-order chi connectivity index (χ1) is 16.0. The smallest absolute Gasteiger partial charge is 0.243 e. The predicted molar refractivity (Wildman–Crippen MR) is 124 cm³/mol. The van der Waals surface area contributed by atoms with Gasteiger partial charge in [0, 0.05) is 23.7 Å². The van der Waals surface area contributed by atoms with Crippen LogP contribution >= 0.6 is 0 Å². The van der Waals surface area contributed by atoms with E-state index in [4.69, 9.17) is 19.4 Å². The molecule has 0 amide bonds. The van der Waals surface area contributed by atoms with Gasteiger partial charge in [0.05, 0.1) is 31.0 Å². The number of nitrogens with zero attached hydrogens (tertiary/aromatic N) is 3. The molecule has 0 saturated carbocycles. The molecule has 1 unspecified atom stereocenters. The van der Waals surface area contributed by atoms with E-state index in [-0.39, 0.29) is 12.5 Å². The largest absolute Gasteiger partial charge is 0.620 e. The number of hydrogen-bond donors (Lipinski definition) is 2. The summed E-state index contributed by atoms with van der Waals surface area (Å²) < 4.78 is 24.1. The number of benzene rings is 2. The Kier molecular flexibility index (Phi) is 5.81. The molecular formula is C24H26FN5O3.